The summed E-state index contributed by atoms with van der Waals surface area (Å²) >= 11 is 3.47. The summed E-state index contributed by atoms with van der Waals surface area (Å²) in [6.45, 7) is 5.96. The van der Waals surface area contributed by atoms with Crippen molar-refractivity contribution in [2.45, 2.75) is 71.6 Å². The summed E-state index contributed by atoms with van der Waals surface area (Å²) in [4.78, 5) is 14.5. The maximum absolute atomic E-state index is 12.6. The molecule has 0 spiro atoms. The average Bonchev–Trinajstić information content (AvgIpc) is 2.56. The summed E-state index contributed by atoms with van der Waals surface area (Å²) in [5, 5.41) is 0. The molecule has 1 rings (SSSR count). The lowest BCUT2D eigenvalue weighted by Gasteiger charge is -2.21. The number of rotatable bonds is 12. The van der Waals surface area contributed by atoms with Gasteiger partial charge in [-0.1, -0.05) is 70.4 Å². The van der Waals surface area contributed by atoms with Crippen molar-refractivity contribution in [1.82, 2.24) is 4.90 Å². The van der Waals surface area contributed by atoms with Crippen LogP contribution >= 0.6 is 15.9 Å². The Balaban J connectivity index is 2.22. The van der Waals surface area contributed by atoms with Gasteiger partial charge in [-0.3, -0.25) is 4.79 Å². The largest absolute Gasteiger partial charge is 0.339 e. The molecule has 0 bridgehead atoms. The van der Waals surface area contributed by atoms with Crippen LogP contribution in [0.15, 0.2) is 28.7 Å². The maximum Gasteiger partial charge on any atom is 0.254 e. The van der Waals surface area contributed by atoms with E-state index in [-0.39, 0.29) is 5.91 Å². The number of unbranched alkanes of at least 4 members (excludes halogenated alkanes) is 8. The fourth-order valence-corrected chi connectivity index (χ4v) is 3.28. The summed E-state index contributed by atoms with van der Waals surface area (Å²) in [5.41, 5.74) is 0.769. The van der Waals surface area contributed by atoms with Crippen molar-refractivity contribution in [2.24, 2.45) is 0 Å². The third-order valence-corrected chi connectivity index (χ3v) is 5.00. The third kappa shape index (κ3) is 8.01. The molecule has 0 fully saturated rings. The Morgan fingerprint density at radius 3 is 2.04 bits per heavy atom. The predicted molar refractivity (Wildman–Crippen MR) is 103 cm³/mol. The van der Waals surface area contributed by atoms with Crippen LogP contribution in [0, 0.1) is 0 Å². The van der Waals surface area contributed by atoms with Crippen LogP contribution in [0.4, 0.5) is 0 Å². The first-order valence-corrected chi connectivity index (χ1v) is 10.0. The van der Waals surface area contributed by atoms with Crippen LogP contribution in [-0.2, 0) is 0 Å². The molecular formula is C20H32BrNO. The lowest BCUT2D eigenvalue weighted by molar-refractivity contribution is 0.0760. The Bertz CT molecular complexity index is 447. The molecule has 2 nitrogen and oxygen atoms in total. The highest BCUT2D eigenvalue weighted by atomic mass is 79.9. The van der Waals surface area contributed by atoms with E-state index in [0.717, 1.165) is 29.5 Å². The number of hydrogen-bond donors (Lipinski definition) is 0. The van der Waals surface area contributed by atoms with Gasteiger partial charge in [0, 0.05) is 17.6 Å². The quantitative estimate of drug-likeness (QED) is 0.381. The Labute approximate surface area is 150 Å². The van der Waals surface area contributed by atoms with E-state index in [1.54, 1.807) is 0 Å². The molecule has 0 N–H and O–H groups in total. The zero-order valence-corrected chi connectivity index (χ0v) is 16.4. The number of carbonyl (C=O) groups is 1. The second kappa shape index (κ2) is 12.6. The molecule has 0 radical (unpaired) electrons. The minimum Gasteiger partial charge on any atom is -0.339 e. The molecule has 0 unspecified atom stereocenters. The number of benzene rings is 1. The van der Waals surface area contributed by atoms with E-state index in [4.69, 9.17) is 0 Å². The van der Waals surface area contributed by atoms with Crippen LogP contribution in [0.5, 0.6) is 0 Å². The van der Waals surface area contributed by atoms with E-state index in [1.807, 2.05) is 29.2 Å². The molecular weight excluding hydrogens is 350 g/mol. The molecule has 0 saturated heterocycles. The van der Waals surface area contributed by atoms with E-state index in [1.165, 1.54) is 51.4 Å². The minimum atomic E-state index is 0.138. The molecule has 1 aromatic rings. The summed E-state index contributed by atoms with van der Waals surface area (Å²) in [6, 6.07) is 7.69. The second-order valence-corrected chi connectivity index (χ2v) is 7.05. The first kappa shape index (κ1) is 20.2. The highest BCUT2D eigenvalue weighted by molar-refractivity contribution is 9.10. The van der Waals surface area contributed by atoms with E-state index in [0.29, 0.717) is 0 Å². The topological polar surface area (TPSA) is 20.3 Å². The molecule has 0 aliphatic rings. The molecule has 0 saturated carbocycles. The van der Waals surface area contributed by atoms with Gasteiger partial charge in [0.2, 0.25) is 0 Å². The van der Waals surface area contributed by atoms with Crippen molar-refractivity contribution in [3.63, 3.8) is 0 Å². The SMILES string of the molecule is CCCCCCCCCCCN(CC)C(=O)c1ccccc1Br. The van der Waals surface area contributed by atoms with Crippen molar-refractivity contribution in [3.05, 3.63) is 34.3 Å². The number of amides is 1. The first-order chi connectivity index (χ1) is 11.2. The Hall–Kier alpha value is -0.830. The molecule has 3 heteroatoms. The number of hydrogen-bond acceptors (Lipinski definition) is 1. The zero-order valence-electron chi connectivity index (χ0n) is 14.8. The normalized spacial score (nSPS) is 10.7. The second-order valence-electron chi connectivity index (χ2n) is 6.19. The molecule has 23 heavy (non-hydrogen) atoms. The van der Waals surface area contributed by atoms with Crippen LogP contribution in [-0.4, -0.2) is 23.9 Å². The van der Waals surface area contributed by atoms with Crippen LogP contribution in [0.25, 0.3) is 0 Å². The van der Waals surface area contributed by atoms with Crippen LogP contribution in [0.3, 0.4) is 0 Å². The van der Waals surface area contributed by atoms with Crippen LogP contribution in [0.2, 0.25) is 0 Å². The fourth-order valence-electron chi connectivity index (χ4n) is 2.82. The fraction of sp³-hybridized carbons (Fsp3) is 0.650. The van der Waals surface area contributed by atoms with Crippen molar-refractivity contribution >= 4 is 21.8 Å². The molecule has 0 aromatic heterocycles. The number of halogens is 1. The molecule has 0 aliphatic carbocycles. The number of nitrogens with zero attached hydrogens (tertiary/aromatic N) is 1. The van der Waals surface area contributed by atoms with Crippen molar-refractivity contribution in [3.8, 4) is 0 Å². The van der Waals surface area contributed by atoms with Gasteiger partial charge in [0.25, 0.3) is 5.91 Å². The predicted octanol–water partition coefficient (Wildman–Crippen LogP) is 6.44. The monoisotopic (exact) mass is 381 g/mol. The van der Waals surface area contributed by atoms with Crippen molar-refractivity contribution in [2.75, 3.05) is 13.1 Å². The van der Waals surface area contributed by atoms with E-state index in [9.17, 15) is 4.79 Å². The molecule has 1 amide bonds. The minimum absolute atomic E-state index is 0.138. The van der Waals surface area contributed by atoms with Gasteiger partial charge in [0.1, 0.15) is 0 Å². The Morgan fingerprint density at radius 1 is 0.913 bits per heavy atom. The highest BCUT2D eigenvalue weighted by Gasteiger charge is 2.15. The van der Waals surface area contributed by atoms with Gasteiger partial charge in [-0.25, -0.2) is 0 Å². The summed E-state index contributed by atoms with van der Waals surface area (Å²) in [6.07, 6.45) is 11.8. The van der Waals surface area contributed by atoms with E-state index >= 15 is 0 Å². The molecule has 0 heterocycles. The van der Waals surface area contributed by atoms with E-state index < -0.39 is 0 Å². The number of carbonyl (C=O) groups excluding carboxylic acids is 1. The Morgan fingerprint density at radius 2 is 1.48 bits per heavy atom. The van der Waals surface area contributed by atoms with Gasteiger partial charge in [0.05, 0.1) is 5.56 Å². The van der Waals surface area contributed by atoms with Gasteiger partial charge in [-0.05, 0) is 41.4 Å². The first-order valence-electron chi connectivity index (χ1n) is 9.24. The summed E-state index contributed by atoms with van der Waals surface area (Å²) in [5.74, 6) is 0.138. The van der Waals surface area contributed by atoms with Gasteiger partial charge in [0.15, 0.2) is 0 Å². The van der Waals surface area contributed by atoms with Gasteiger partial charge < -0.3 is 4.90 Å². The maximum atomic E-state index is 12.6. The Kier molecular flexibility index (Phi) is 11.1. The van der Waals surface area contributed by atoms with Gasteiger partial charge in [-0.2, -0.15) is 0 Å². The molecule has 0 atom stereocenters. The van der Waals surface area contributed by atoms with Crippen molar-refractivity contribution in [1.29, 1.82) is 0 Å². The molecule has 0 aliphatic heterocycles. The van der Waals surface area contributed by atoms with Crippen LogP contribution in [0.1, 0.15) is 82.0 Å². The van der Waals surface area contributed by atoms with E-state index in [2.05, 4.69) is 29.8 Å². The zero-order chi connectivity index (χ0) is 16.9. The average molecular weight is 382 g/mol. The van der Waals surface area contributed by atoms with Crippen LogP contribution < -0.4 is 0 Å². The lowest BCUT2D eigenvalue weighted by atomic mass is 10.1. The molecule has 130 valence electrons. The third-order valence-electron chi connectivity index (χ3n) is 4.30. The standard InChI is InChI=1S/C20H32BrNO/c1-3-5-6-7-8-9-10-11-14-17-22(4-2)20(23)18-15-12-13-16-19(18)21/h12-13,15-16H,3-11,14,17H2,1-2H3. The molecule has 1 aromatic carbocycles. The lowest BCUT2D eigenvalue weighted by Crippen LogP contribution is -2.32. The summed E-state index contributed by atoms with van der Waals surface area (Å²) in [7, 11) is 0. The smallest absolute Gasteiger partial charge is 0.254 e. The van der Waals surface area contributed by atoms with Crippen molar-refractivity contribution < 1.29 is 4.79 Å². The highest BCUT2D eigenvalue weighted by Crippen LogP contribution is 2.18. The van der Waals surface area contributed by atoms with Gasteiger partial charge >= 0.3 is 0 Å². The summed E-state index contributed by atoms with van der Waals surface area (Å²) < 4.78 is 0.885. The van der Waals surface area contributed by atoms with Gasteiger partial charge in [-0.15, -0.1) is 0 Å².